The van der Waals surface area contributed by atoms with Gasteiger partial charge in [0.25, 0.3) is 5.91 Å². The third kappa shape index (κ3) is 6.53. The van der Waals surface area contributed by atoms with Gasteiger partial charge >= 0.3 is 6.61 Å². The summed E-state index contributed by atoms with van der Waals surface area (Å²) in [4.78, 5) is 17.4. The van der Waals surface area contributed by atoms with Gasteiger partial charge in [0.15, 0.2) is 5.65 Å². The molecular formula is C23H24BrClF2N6O3Si-. The van der Waals surface area contributed by atoms with Crippen LogP contribution in [0.15, 0.2) is 47.5 Å². The van der Waals surface area contributed by atoms with Gasteiger partial charge in [0.05, 0.1) is 28.8 Å². The number of alkyl halides is 2. The molecule has 0 bridgehead atoms. The number of halogens is 4. The highest BCUT2D eigenvalue weighted by Crippen LogP contribution is 2.41. The number of ether oxygens (including phenoxy) is 2. The average molecular weight is 614 g/mol. The number of nitrogens with zero attached hydrogens (tertiary/aromatic N) is 5. The number of rotatable bonds is 10. The molecule has 0 aliphatic heterocycles. The van der Waals surface area contributed by atoms with Crippen LogP contribution in [0.5, 0.6) is 5.75 Å². The third-order valence-electron chi connectivity index (χ3n) is 5.32. The molecule has 9 nitrogen and oxygen atoms in total. The monoisotopic (exact) mass is 612 g/mol. The summed E-state index contributed by atoms with van der Waals surface area (Å²) in [5.41, 5.74) is 1.38. The first-order chi connectivity index (χ1) is 17.5. The molecule has 1 amide bonds. The first kappa shape index (κ1) is 27.2. The summed E-state index contributed by atoms with van der Waals surface area (Å²) in [5.74, 6) is -0.682. The maximum atomic E-state index is 13.3. The molecule has 1 N–H and O–H groups in total. The van der Waals surface area contributed by atoms with Crippen LogP contribution in [0, 0.1) is 0 Å². The number of amides is 1. The van der Waals surface area contributed by atoms with Crippen molar-refractivity contribution in [2.24, 2.45) is 0 Å². The average Bonchev–Trinajstić information content (AvgIpc) is 3.42. The number of aromatic nitrogens is 5. The first-order valence-electron chi connectivity index (χ1n) is 11.2. The molecule has 14 heteroatoms. The molecule has 0 spiro atoms. The summed E-state index contributed by atoms with van der Waals surface area (Å²) in [7, 11) is -1.33. The van der Waals surface area contributed by atoms with E-state index in [0.717, 1.165) is 6.04 Å². The van der Waals surface area contributed by atoms with Crippen molar-refractivity contribution < 1.29 is 23.0 Å². The lowest BCUT2D eigenvalue weighted by Crippen LogP contribution is -2.22. The highest BCUT2D eigenvalue weighted by atomic mass is 79.9. The van der Waals surface area contributed by atoms with E-state index in [4.69, 9.17) is 21.1 Å². The molecule has 3 heterocycles. The molecule has 0 unspecified atom stereocenters. The van der Waals surface area contributed by atoms with E-state index in [1.165, 1.54) is 33.7 Å². The maximum absolute atomic E-state index is 13.3. The van der Waals surface area contributed by atoms with Crippen molar-refractivity contribution in [1.29, 1.82) is 0 Å². The van der Waals surface area contributed by atoms with Crippen molar-refractivity contribution in [3.05, 3.63) is 58.0 Å². The quantitative estimate of drug-likeness (QED) is 0.170. The second-order valence-corrected chi connectivity index (χ2v) is 16.2. The minimum Gasteiger partial charge on any atom is -0.434 e. The van der Waals surface area contributed by atoms with Gasteiger partial charge in [-0.25, -0.2) is 14.2 Å². The second kappa shape index (κ2) is 11.3. The van der Waals surface area contributed by atoms with E-state index in [-0.39, 0.29) is 34.3 Å². The Kier molecular flexibility index (Phi) is 8.26. The maximum Gasteiger partial charge on any atom is 0.387 e. The van der Waals surface area contributed by atoms with E-state index in [9.17, 15) is 13.6 Å². The predicted octanol–water partition coefficient (Wildman–Crippen LogP) is 6.17. The second-order valence-electron chi connectivity index (χ2n) is 9.30. The van der Waals surface area contributed by atoms with E-state index in [1.807, 2.05) is 0 Å². The molecule has 1 aromatic carbocycles. The SMILES string of the molecule is C[Si-](C)(C)CCOCn1ncc(NC(=O)c2cnn3cccnc23)c1-c1cc(Br)c(Cl)cc1OC(F)F. The Balaban J connectivity index is 1.73. The third-order valence-corrected chi connectivity index (χ3v) is 8.22. The van der Waals surface area contributed by atoms with E-state index in [0.29, 0.717) is 22.4 Å². The fraction of sp³-hybridized carbons (Fsp3) is 0.304. The van der Waals surface area contributed by atoms with Gasteiger partial charge < -0.3 is 14.8 Å². The van der Waals surface area contributed by atoms with E-state index >= 15 is 0 Å². The lowest BCUT2D eigenvalue weighted by molar-refractivity contribution is -0.0495. The van der Waals surface area contributed by atoms with E-state index < -0.39 is 20.6 Å². The Bertz CT molecular complexity index is 1430. The Labute approximate surface area is 225 Å². The minimum atomic E-state index is -3.09. The van der Waals surface area contributed by atoms with Crippen molar-refractivity contribution in [1.82, 2.24) is 24.4 Å². The van der Waals surface area contributed by atoms with Crippen LogP contribution in [0.1, 0.15) is 10.4 Å². The van der Waals surface area contributed by atoms with Gasteiger partial charge in [-0.05, 0) is 28.1 Å². The standard InChI is InChI=1S/C23H24BrClF2N6O3Si/c1-37(2,3)8-7-35-13-33-20(14-9-16(24)17(25)10-19(14)36-23(26)27)18(12-30-33)31-22(34)15-11-29-32-6-4-5-28-21(15)32/h4-6,9-12,23H,7-8,13H2,1-3H3,(H,31,34)/q-1. The molecule has 0 radical (unpaired) electrons. The normalized spacial score (nSPS) is 11.9. The van der Waals surface area contributed by atoms with Gasteiger partial charge in [-0.1, -0.05) is 11.6 Å². The fourth-order valence-electron chi connectivity index (χ4n) is 3.47. The molecule has 4 aromatic rings. The summed E-state index contributed by atoms with van der Waals surface area (Å²) in [6.07, 6.45) is 6.03. The molecule has 4 rings (SSSR count). The fourth-order valence-corrected chi connectivity index (χ4v) is 4.73. The summed E-state index contributed by atoms with van der Waals surface area (Å²) in [6, 6.07) is 5.43. The number of hydrogen-bond acceptors (Lipinski definition) is 6. The molecule has 0 aliphatic carbocycles. The van der Waals surface area contributed by atoms with E-state index in [1.54, 1.807) is 18.5 Å². The Morgan fingerprint density at radius 1 is 1.24 bits per heavy atom. The van der Waals surface area contributed by atoms with Gasteiger partial charge in [0.1, 0.15) is 18.0 Å². The number of nitrogens with one attached hydrogen (secondary N) is 1. The predicted molar refractivity (Wildman–Crippen MR) is 142 cm³/mol. The zero-order valence-corrected chi connectivity index (χ0v) is 23.6. The number of benzene rings is 1. The minimum absolute atomic E-state index is 0.0301. The number of hydrogen-bond donors (Lipinski definition) is 1. The topological polar surface area (TPSA) is 95.6 Å². The van der Waals surface area contributed by atoms with Crippen LogP contribution in [-0.4, -0.2) is 51.6 Å². The molecule has 37 heavy (non-hydrogen) atoms. The van der Waals surface area contributed by atoms with Crippen LogP contribution in [0.3, 0.4) is 0 Å². The van der Waals surface area contributed by atoms with Crippen LogP contribution >= 0.6 is 27.5 Å². The smallest absolute Gasteiger partial charge is 0.387 e. The lowest BCUT2D eigenvalue weighted by atomic mass is 10.1. The summed E-state index contributed by atoms with van der Waals surface area (Å²) < 4.78 is 40.6. The number of carbonyl (C=O) groups excluding carboxylic acids is 1. The van der Waals surface area contributed by atoms with Crippen LogP contribution < -0.4 is 10.1 Å². The Morgan fingerprint density at radius 3 is 2.76 bits per heavy atom. The van der Waals surface area contributed by atoms with Gasteiger partial charge in [-0.2, -0.15) is 38.6 Å². The highest BCUT2D eigenvalue weighted by molar-refractivity contribution is 9.10. The van der Waals surface area contributed by atoms with Crippen LogP contribution in [-0.2, 0) is 11.5 Å². The Hall–Kier alpha value is -2.87. The van der Waals surface area contributed by atoms with Gasteiger partial charge in [-0.3, -0.25) is 4.79 Å². The molecule has 0 saturated heterocycles. The van der Waals surface area contributed by atoms with Crippen molar-refractivity contribution >= 4 is 52.8 Å². The van der Waals surface area contributed by atoms with Crippen molar-refractivity contribution in [3.8, 4) is 17.0 Å². The number of carbonyl (C=O) groups is 1. The van der Waals surface area contributed by atoms with Gasteiger partial charge in [0.2, 0.25) is 0 Å². The zero-order chi connectivity index (χ0) is 26.7. The van der Waals surface area contributed by atoms with Crippen molar-refractivity contribution in [2.75, 3.05) is 11.9 Å². The molecule has 3 aromatic heterocycles. The van der Waals surface area contributed by atoms with Gasteiger partial charge in [0, 0.05) is 35.1 Å². The van der Waals surface area contributed by atoms with Crippen molar-refractivity contribution in [3.63, 3.8) is 0 Å². The molecule has 0 aliphatic rings. The zero-order valence-electron chi connectivity index (χ0n) is 20.2. The highest BCUT2D eigenvalue weighted by Gasteiger charge is 2.24. The van der Waals surface area contributed by atoms with E-state index in [2.05, 4.69) is 56.1 Å². The molecule has 0 atom stereocenters. The summed E-state index contributed by atoms with van der Waals surface area (Å²) >= 11 is 9.50. The van der Waals surface area contributed by atoms with Crippen molar-refractivity contribution in [2.45, 2.75) is 39.0 Å². The molecule has 197 valence electrons. The lowest BCUT2D eigenvalue weighted by Gasteiger charge is -2.26. The molecule has 0 fully saturated rings. The van der Waals surface area contributed by atoms with Gasteiger partial charge in [-0.15, -0.1) is 14.1 Å². The Morgan fingerprint density at radius 2 is 2.03 bits per heavy atom. The van der Waals surface area contributed by atoms with Crippen LogP contribution in [0.25, 0.3) is 16.9 Å². The summed E-state index contributed by atoms with van der Waals surface area (Å²) in [5, 5.41) is 11.5. The molecular weight excluding hydrogens is 590 g/mol. The summed E-state index contributed by atoms with van der Waals surface area (Å²) in [6.45, 7) is 4.15. The molecule has 0 saturated carbocycles. The largest absolute Gasteiger partial charge is 0.434 e. The number of fused-ring (bicyclic) bond motifs is 1. The number of anilines is 1. The van der Waals surface area contributed by atoms with Crippen LogP contribution in [0.2, 0.25) is 30.7 Å². The first-order valence-corrected chi connectivity index (χ1v) is 16.1. The van der Waals surface area contributed by atoms with Crippen LogP contribution in [0.4, 0.5) is 14.5 Å².